The van der Waals surface area contributed by atoms with Gasteiger partial charge in [-0.15, -0.1) is 11.6 Å². The van der Waals surface area contributed by atoms with E-state index in [4.69, 9.17) is 11.6 Å². The molecule has 1 nitrogen and oxygen atoms in total. The summed E-state index contributed by atoms with van der Waals surface area (Å²) < 4.78 is 0. The fraction of sp³-hybridized carbons (Fsp3) is 1.00. The molecule has 54 valence electrons. The maximum Gasteiger partial charge on any atom is 0.0463 e. The van der Waals surface area contributed by atoms with E-state index in [1.807, 2.05) is 0 Å². The van der Waals surface area contributed by atoms with Crippen LogP contribution in [0.25, 0.3) is 0 Å². The van der Waals surface area contributed by atoms with Crippen LogP contribution in [0.4, 0.5) is 0 Å². The van der Waals surface area contributed by atoms with Crippen molar-refractivity contribution in [1.29, 1.82) is 0 Å². The van der Waals surface area contributed by atoms with Crippen LogP contribution >= 0.6 is 11.6 Å². The summed E-state index contributed by atoms with van der Waals surface area (Å²) in [6, 6.07) is 0.653. The third kappa shape index (κ3) is 1.84. The van der Waals surface area contributed by atoms with Gasteiger partial charge < -0.3 is 5.32 Å². The molecule has 0 saturated carbocycles. The molecular formula is C7H14ClN. The third-order valence-corrected chi connectivity index (χ3v) is 2.47. The van der Waals surface area contributed by atoms with Crippen molar-refractivity contribution < 1.29 is 0 Å². The molecule has 1 fully saturated rings. The zero-order valence-electron chi connectivity index (χ0n) is 6.02. The van der Waals surface area contributed by atoms with E-state index in [9.17, 15) is 0 Å². The van der Waals surface area contributed by atoms with Gasteiger partial charge in [0.05, 0.1) is 0 Å². The first-order chi connectivity index (χ1) is 4.20. The molecule has 1 N–H and O–H groups in total. The summed E-state index contributed by atoms with van der Waals surface area (Å²) in [5.74, 6) is 0.737. The number of hydrogen-bond acceptors (Lipinski definition) is 1. The van der Waals surface area contributed by atoms with Crippen molar-refractivity contribution >= 4 is 11.6 Å². The summed E-state index contributed by atoms with van der Waals surface area (Å²) in [6.45, 7) is 5.44. The number of alkyl halides is 1. The molecule has 1 aliphatic rings. The van der Waals surface area contributed by atoms with Crippen molar-refractivity contribution in [1.82, 2.24) is 5.32 Å². The molecule has 0 radical (unpaired) electrons. The second kappa shape index (κ2) is 2.89. The summed E-state index contributed by atoms with van der Waals surface area (Å²) in [5, 5.41) is 3.71. The Balaban J connectivity index is 2.35. The van der Waals surface area contributed by atoms with Gasteiger partial charge in [-0.3, -0.25) is 0 Å². The monoisotopic (exact) mass is 147 g/mol. The summed E-state index contributed by atoms with van der Waals surface area (Å²) in [6.07, 6.45) is 1.16. The van der Waals surface area contributed by atoms with E-state index in [-0.39, 0.29) is 0 Å². The SMILES string of the molecule is CC1CC(Cl)CNC1C. The molecule has 3 atom stereocenters. The van der Waals surface area contributed by atoms with Crippen molar-refractivity contribution in [2.75, 3.05) is 6.54 Å². The summed E-state index contributed by atoms with van der Waals surface area (Å²) in [5.41, 5.74) is 0. The Hall–Kier alpha value is 0.250. The first-order valence-corrected chi connectivity index (χ1v) is 4.01. The first kappa shape index (κ1) is 7.36. The van der Waals surface area contributed by atoms with Gasteiger partial charge in [0.25, 0.3) is 0 Å². The molecule has 0 amide bonds. The number of nitrogens with one attached hydrogen (secondary N) is 1. The highest BCUT2D eigenvalue weighted by Crippen LogP contribution is 2.18. The lowest BCUT2D eigenvalue weighted by molar-refractivity contribution is 0.323. The molecule has 1 heterocycles. The second-order valence-corrected chi connectivity index (χ2v) is 3.62. The van der Waals surface area contributed by atoms with Gasteiger partial charge in [0.1, 0.15) is 0 Å². The van der Waals surface area contributed by atoms with Crippen LogP contribution in [0.3, 0.4) is 0 Å². The second-order valence-electron chi connectivity index (χ2n) is 3.01. The Bertz CT molecular complexity index is 94.9. The Kier molecular flexibility index (Phi) is 2.36. The van der Waals surface area contributed by atoms with E-state index >= 15 is 0 Å². The minimum absolute atomic E-state index is 0.358. The molecule has 0 aromatic rings. The fourth-order valence-electron chi connectivity index (χ4n) is 1.21. The minimum atomic E-state index is 0.358. The lowest BCUT2D eigenvalue weighted by atomic mass is 9.94. The molecule has 2 heteroatoms. The average Bonchev–Trinajstić information content (AvgIpc) is 1.80. The molecule has 0 aliphatic carbocycles. The van der Waals surface area contributed by atoms with Crippen LogP contribution in [0.15, 0.2) is 0 Å². The highest BCUT2D eigenvalue weighted by Gasteiger charge is 2.21. The molecule has 0 aromatic carbocycles. The van der Waals surface area contributed by atoms with Gasteiger partial charge in [0.15, 0.2) is 0 Å². The molecule has 1 rings (SSSR count). The quantitative estimate of drug-likeness (QED) is 0.514. The van der Waals surface area contributed by atoms with Gasteiger partial charge in [-0.25, -0.2) is 0 Å². The van der Waals surface area contributed by atoms with Crippen molar-refractivity contribution in [3.05, 3.63) is 0 Å². The molecule has 0 spiro atoms. The van der Waals surface area contributed by atoms with Crippen LogP contribution in [-0.2, 0) is 0 Å². The van der Waals surface area contributed by atoms with E-state index in [2.05, 4.69) is 19.2 Å². The molecule has 1 aliphatic heterocycles. The van der Waals surface area contributed by atoms with Gasteiger partial charge >= 0.3 is 0 Å². The Morgan fingerprint density at radius 3 is 2.56 bits per heavy atom. The van der Waals surface area contributed by atoms with Crippen LogP contribution < -0.4 is 5.32 Å². The topological polar surface area (TPSA) is 12.0 Å². The van der Waals surface area contributed by atoms with Gasteiger partial charge in [0, 0.05) is 18.0 Å². The van der Waals surface area contributed by atoms with Crippen LogP contribution in [0.5, 0.6) is 0 Å². The number of hydrogen-bond donors (Lipinski definition) is 1. The molecule has 1 saturated heterocycles. The number of piperidine rings is 1. The molecular weight excluding hydrogens is 134 g/mol. The lowest BCUT2D eigenvalue weighted by Gasteiger charge is -2.29. The largest absolute Gasteiger partial charge is 0.313 e. The van der Waals surface area contributed by atoms with Crippen LogP contribution in [-0.4, -0.2) is 18.0 Å². The van der Waals surface area contributed by atoms with E-state index in [0.29, 0.717) is 11.4 Å². The van der Waals surface area contributed by atoms with E-state index < -0.39 is 0 Å². The summed E-state index contributed by atoms with van der Waals surface area (Å²) in [7, 11) is 0. The summed E-state index contributed by atoms with van der Waals surface area (Å²) in [4.78, 5) is 0. The third-order valence-electron chi connectivity index (χ3n) is 2.14. The van der Waals surface area contributed by atoms with Crippen molar-refractivity contribution in [3.8, 4) is 0 Å². The van der Waals surface area contributed by atoms with Crippen LogP contribution in [0, 0.1) is 5.92 Å². The maximum atomic E-state index is 5.91. The number of rotatable bonds is 0. The maximum absolute atomic E-state index is 5.91. The standard InChI is InChI=1S/C7H14ClN/c1-5-3-7(8)4-9-6(5)2/h5-7,9H,3-4H2,1-2H3. The fourth-order valence-corrected chi connectivity index (χ4v) is 1.58. The van der Waals surface area contributed by atoms with Crippen molar-refractivity contribution in [2.24, 2.45) is 5.92 Å². The summed E-state index contributed by atoms with van der Waals surface area (Å²) >= 11 is 5.91. The lowest BCUT2D eigenvalue weighted by Crippen LogP contribution is -2.42. The first-order valence-electron chi connectivity index (χ1n) is 3.57. The zero-order chi connectivity index (χ0) is 6.85. The van der Waals surface area contributed by atoms with Crippen molar-refractivity contribution in [2.45, 2.75) is 31.7 Å². The smallest absolute Gasteiger partial charge is 0.0463 e. The Morgan fingerprint density at radius 2 is 2.11 bits per heavy atom. The van der Waals surface area contributed by atoms with E-state index in [1.165, 1.54) is 0 Å². The molecule has 0 bridgehead atoms. The highest BCUT2D eigenvalue weighted by atomic mass is 35.5. The van der Waals surface area contributed by atoms with Gasteiger partial charge in [-0.05, 0) is 19.3 Å². The predicted molar refractivity (Wildman–Crippen MR) is 40.9 cm³/mol. The molecule has 3 unspecified atom stereocenters. The zero-order valence-corrected chi connectivity index (χ0v) is 6.78. The van der Waals surface area contributed by atoms with E-state index in [1.54, 1.807) is 0 Å². The van der Waals surface area contributed by atoms with Gasteiger partial charge in [-0.1, -0.05) is 6.92 Å². The highest BCUT2D eigenvalue weighted by molar-refractivity contribution is 6.20. The predicted octanol–water partition coefficient (Wildman–Crippen LogP) is 1.61. The average molecular weight is 148 g/mol. The van der Waals surface area contributed by atoms with Crippen molar-refractivity contribution in [3.63, 3.8) is 0 Å². The van der Waals surface area contributed by atoms with Gasteiger partial charge in [-0.2, -0.15) is 0 Å². The Morgan fingerprint density at radius 1 is 1.44 bits per heavy atom. The normalized spacial score (nSPS) is 45.0. The molecule has 9 heavy (non-hydrogen) atoms. The Labute approximate surface area is 61.8 Å². The van der Waals surface area contributed by atoms with Gasteiger partial charge in [0.2, 0.25) is 0 Å². The number of halogens is 1. The van der Waals surface area contributed by atoms with Crippen LogP contribution in [0.1, 0.15) is 20.3 Å². The minimum Gasteiger partial charge on any atom is -0.313 e. The van der Waals surface area contributed by atoms with Crippen LogP contribution in [0.2, 0.25) is 0 Å². The van der Waals surface area contributed by atoms with E-state index in [0.717, 1.165) is 18.9 Å². The molecule has 0 aromatic heterocycles.